The zero-order chi connectivity index (χ0) is 13.2. The van der Waals surface area contributed by atoms with Gasteiger partial charge in [-0.25, -0.2) is 0 Å². The molecule has 3 nitrogen and oxygen atoms in total. The summed E-state index contributed by atoms with van der Waals surface area (Å²) in [6.45, 7) is 2.01. The highest BCUT2D eigenvalue weighted by atomic mass is 16.5. The van der Waals surface area contributed by atoms with Gasteiger partial charge in [0.1, 0.15) is 11.9 Å². The summed E-state index contributed by atoms with van der Waals surface area (Å²) in [5.41, 5.74) is 2.50. The molecule has 1 amide bonds. The predicted octanol–water partition coefficient (Wildman–Crippen LogP) is 3.26. The number of ether oxygens (including phenoxy) is 1. The first kappa shape index (κ1) is 11.8. The van der Waals surface area contributed by atoms with E-state index in [2.05, 4.69) is 5.32 Å². The van der Waals surface area contributed by atoms with Crippen LogP contribution in [0.5, 0.6) is 5.75 Å². The fourth-order valence-electron chi connectivity index (χ4n) is 2.34. The van der Waals surface area contributed by atoms with E-state index in [0.29, 0.717) is 5.56 Å². The maximum atomic E-state index is 12.3. The third kappa shape index (κ3) is 2.32. The Labute approximate surface area is 112 Å². The summed E-state index contributed by atoms with van der Waals surface area (Å²) >= 11 is 0. The first-order valence-corrected chi connectivity index (χ1v) is 6.39. The first-order chi connectivity index (χ1) is 9.24. The largest absolute Gasteiger partial charge is 0.489 e. The summed E-state index contributed by atoms with van der Waals surface area (Å²) in [6, 6.07) is 15.1. The minimum absolute atomic E-state index is 0.128. The second-order valence-corrected chi connectivity index (χ2v) is 4.75. The van der Waals surface area contributed by atoms with E-state index in [0.717, 1.165) is 23.4 Å². The molecular formula is C16H15NO2. The highest BCUT2D eigenvalue weighted by Crippen LogP contribution is 2.32. The van der Waals surface area contributed by atoms with Gasteiger partial charge in [-0.05, 0) is 30.7 Å². The zero-order valence-electron chi connectivity index (χ0n) is 10.7. The summed E-state index contributed by atoms with van der Waals surface area (Å²) in [5, 5.41) is 2.88. The third-order valence-corrected chi connectivity index (χ3v) is 3.20. The molecule has 0 fully saturated rings. The van der Waals surface area contributed by atoms with Gasteiger partial charge in [0.15, 0.2) is 0 Å². The van der Waals surface area contributed by atoms with Crippen LogP contribution >= 0.6 is 0 Å². The van der Waals surface area contributed by atoms with Gasteiger partial charge in [0.25, 0.3) is 5.91 Å². The molecule has 3 rings (SSSR count). The lowest BCUT2D eigenvalue weighted by Crippen LogP contribution is -2.13. The van der Waals surface area contributed by atoms with Gasteiger partial charge >= 0.3 is 0 Å². The minimum Gasteiger partial charge on any atom is -0.489 e. The molecule has 0 saturated carbocycles. The highest BCUT2D eigenvalue weighted by Gasteiger charge is 2.24. The van der Waals surface area contributed by atoms with Crippen LogP contribution in [0.3, 0.4) is 0 Å². The minimum atomic E-state index is -0.128. The molecule has 19 heavy (non-hydrogen) atoms. The fraction of sp³-hybridized carbons (Fsp3) is 0.188. The Bertz CT molecular complexity index is 607. The number of amides is 1. The van der Waals surface area contributed by atoms with Crippen molar-refractivity contribution in [2.75, 3.05) is 5.32 Å². The number of para-hydroxylation sites is 2. The molecule has 1 aliphatic rings. The molecule has 0 saturated heterocycles. The molecule has 1 N–H and O–H groups in total. The highest BCUT2D eigenvalue weighted by molar-refractivity contribution is 6.06. The summed E-state index contributed by atoms with van der Waals surface area (Å²) < 4.78 is 5.74. The van der Waals surface area contributed by atoms with Gasteiger partial charge in [0.05, 0.1) is 5.56 Å². The van der Waals surface area contributed by atoms with Crippen LogP contribution in [0.15, 0.2) is 48.5 Å². The average Bonchev–Trinajstić information content (AvgIpc) is 2.79. The molecule has 1 heterocycles. The molecule has 2 aromatic rings. The van der Waals surface area contributed by atoms with Crippen molar-refractivity contribution in [3.8, 4) is 5.75 Å². The Morgan fingerprint density at radius 1 is 1.16 bits per heavy atom. The molecule has 96 valence electrons. The van der Waals surface area contributed by atoms with Gasteiger partial charge in [-0.3, -0.25) is 4.79 Å². The van der Waals surface area contributed by atoms with Crippen LogP contribution in [0.2, 0.25) is 0 Å². The number of carbonyl (C=O) groups excluding carboxylic acids is 1. The summed E-state index contributed by atoms with van der Waals surface area (Å²) in [5.74, 6) is 0.598. The average molecular weight is 253 g/mol. The van der Waals surface area contributed by atoms with E-state index in [1.54, 1.807) is 6.07 Å². The van der Waals surface area contributed by atoms with Crippen molar-refractivity contribution >= 4 is 11.6 Å². The van der Waals surface area contributed by atoms with Crippen molar-refractivity contribution in [3.05, 3.63) is 59.7 Å². The molecular weight excluding hydrogens is 238 g/mol. The molecule has 0 spiro atoms. The lowest BCUT2D eigenvalue weighted by molar-refractivity contribution is 0.102. The Hall–Kier alpha value is -2.29. The topological polar surface area (TPSA) is 38.3 Å². The number of nitrogens with one attached hydrogen (secondary N) is 1. The number of hydrogen-bond donors (Lipinski definition) is 1. The van der Waals surface area contributed by atoms with E-state index in [-0.39, 0.29) is 12.0 Å². The smallest absolute Gasteiger partial charge is 0.259 e. The molecule has 0 unspecified atom stereocenters. The molecule has 1 aliphatic heterocycles. The van der Waals surface area contributed by atoms with Crippen molar-refractivity contribution < 1.29 is 9.53 Å². The van der Waals surface area contributed by atoms with Crippen molar-refractivity contribution in [2.45, 2.75) is 19.4 Å². The van der Waals surface area contributed by atoms with Crippen molar-refractivity contribution in [1.82, 2.24) is 0 Å². The van der Waals surface area contributed by atoms with E-state index in [4.69, 9.17) is 4.74 Å². The zero-order valence-corrected chi connectivity index (χ0v) is 10.7. The maximum Gasteiger partial charge on any atom is 0.259 e. The lowest BCUT2D eigenvalue weighted by atomic mass is 10.1. The van der Waals surface area contributed by atoms with Crippen LogP contribution in [-0.2, 0) is 6.42 Å². The number of hydrogen-bond acceptors (Lipinski definition) is 2. The first-order valence-electron chi connectivity index (χ1n) is 6.39. The number of carbonyl (C=O) groups is 1. The van der Waals surface area contributed by atoms with E-state index < -0.39 is 0 Å². The monoisotopic (exact) mass is 253 g/mol. The van der Waals surface area contributed by atoms with E-state index >= 15 is 0 Å². The molecule has 0 radical (unpaired) electrons. The molecule has 1 atom stereocenters. The number of benzene rings is 2. The molecule has 0 aromatic heterocycles. The normalized spacial score (nSPS) is 16.6. The van der Waals surface area contributed by atoms with Gasteiger partial charge in [-0.2, -0.15) is 0 Å². The summed E-state index contributed by atoms with van der Waals surface area (Å²) in [7, 11) is 0. The Kier molecular flexibility index (Phi) is 2.95. The standard InChI is InChI=1S/C16H15NO2/c1-11-10-12-6-5-9-14(15(12)19-11)16(18)17-13-7-3-2-4-8-13/h2-9,11H,10H2,1H3,(H,17,18)/t11-/m1/s1. The SMILES string of the molecule is C[C@@H]1Cc2cccc(C(=O)Nc3ccccc3)c2O1. The predicted molar refractivity (Wildman–Crippen MR) is 74.6 cm³/mol. The summed E-state index contributed by atoms with van der Waals surface area (Å²) in [6.07, 6.45) is 1.00. The van der Waals surface area contributed by atoms with Crippen LogP contribution < -0.4 is 10.1 Å². The van der Waals surface area contributed by atoms with E-state index in [9.17, 15) is 4.79 Å². The second kappa shape index (κ2) is 4.76. The molecule has 0 bridgehead atoms. The van der Waals surface area contributed by atoms with Crippen molar-refractivity contribution in [2.24, 2.45) is 0 Å². The van der Waals surface area contributed by atoms with Crippen molar-refractivity contribution in [1.29, 1.82) is 0 Å². The molecule has 0 aliphatic carbocycles. The van der Waals surface area contributed by atoms with E-state index in [1.807, 2.05) is 49.4 Å². The van der Waals surface area contributed by atoms with Gasteiger partial charge in [-0.15, -0.1) is 0 Å². The second-order valence-electron chi connectivity index (χ2n) is 4.75. The quantitative estimate of drug-likeness (QED) is 0.892. The van der Waals surface area contributed by atoms with Crippen LogP contribution in [0.25, 0.3) is 0 Å². The molecule has 3 heteroatoms. The molecule has 2 aromatic carbocycles. The number of fused-ring (bicyclic) bond motifs is 1. The Morgan fingerprint density at radius 2 is 1.95 bits per heavy atom. The van der Waals surface area contributed by atoms with Crippen molar-refractivity contribution in [3.63, 3.8) is 0 Å². The van der Waals surface area contributed by atoms with E-state index in [1.165, 1.54) is 0 Å². The van der Waals surface area contributed by atoms with Crippen LogP contribution in [0.4, 0.5) is 5.69 Å². The van der Waals surface area contributed by atoms with Gasteiger partial charge in [0, 0.05) is 12.1 Å². The van der Waals surface area contributed by atoms with Gasteiger partial charge in [0.2, 0.25) is 0 Å². The van der Waals surface area contributed by atoms with Gasteiger partial charge < -0.3 is 10.1 Å². The summed E-state index contributed by atoms with van der Waals surface area (Å²) in [4.78, 5) is 12.3. The van der Waals surface area contributed by atoms with Gasteiger partial charge in [-0.1, -0.05) is 30.3 Å². The maximum absolute atomic E-state index is 12.3. The third-order valence-electron chi connectivity index (χ3n) is 3.20. The Morgan fingerprint density at radius 3 is 2.74 bits per heavy atom. The van der Waals surface area contributed by atoms with Crippen LogP contribution in [0.1, 0.15) is 22.8 Å². The lowest BCUT2D eigenvalue weighted by Gasteiger charge is -2.10. The van der Waals surface area contributed by atoms with Crippen LogP contribution in [-0.4, -0.2) is 12.0 Å². The number of rotatable bonds is 2. The fourth-order valence-corrected chi connectivity index (χ4v) is 2.34. The number of anilines is 1. The van der Waals surface area contributed by atoms with Crippen LogP contribution in [0, 0.1) is 0 Å². The Balaban J connectivity index is 1.88.